The van der Waals surface area contributed by atoms with E-state index in [2.05, 4.69) is 13.0 Å². The minimum absolute atomic E-state index is 0.102. The molecule has 5 nitrogen and oxygen atoms in total. The van der Waals surface area contributed by atoms with E-state index >= 15 is 0 Å². The van der Waals surface area contributed by atoms with Gasteiger partial charge in [0.1, 0.15) is 9.71 Å². The number of fused-ring (bicyclic) bond motifs is 3. The number of carbonyl (C=O) groups is 1. The van der Waals surface area contributed by atoms with Crippen LogP contribution in [0.25, 0.3) is 10.2 Å². The molecule has 0 saturated carbocycles. The number of ketones is 1. The molecule has 2 aliphatic rings. The average Bonchev–Trinajstić information content (AvgIpc) is 3.23. The van der Waals surface area contributed by atoms with Crippen molar-refractivity contribution in [3.8, 4) is 11.5 Å². The third-order valence-corrected chi connectivity index (χ3v) is 6.29. The highest BCUT2D eigenvalue weighted by atomic mass is 32.1. The van der Waals surface area contributed by atoms with E-state index in [9.17, 15) is 4.79 Å². The zero-order valence-electron chi connectivity index (χ0n) is 14.4. The molecule has 1 aromatic carbocycles. The van der Waals surface area contributed by atoms with Crippen LogP contribution < -0.4 is 15.2 Å². The monoisotopic (exact) mass is 366 g/mol. The van der Waals surface area contributed by atoms with Gasteiger partial charge in [0, 0.05) is 16.6 Å². The highest BCUT2D eigenvalue weighted by Crippen LogP contribution is 2.39. The van der Waals surface area contributed by atoms with Gasteiger partial charge in [-0.25, -0.2) is 4.98 Å². The minimum atomic E-state index is -0.102. The van der Waals surface area contributed by atoms with E-state index in [0.717, 1.165) is 35.2 Å². The van der Waals surface area contributed by atoms with Crippen molar-refractivity contribution in [1.29, 1.82) is 0 Å². The van der Waals surface area contributed by atoms with Crippen molar-refractivity contribution >= 4 is 33.0 Å². The number of aryl methyl sites for hydroxylation is 1. The van der Waals surface area contributed by atoms with Gasteiger partial charge in [0.05, 0.1) is 5.69 Å². The van der Waals surface area contributed by atoms with Crippen molar-refractivity contribution in [3.63, 3.8) is 0 Å². The summed E-state index contributed by atoms with van der Waals surface area (Å²) in [6.07, 6.45) is 3.18. The van der Waals surface area contributed by atoms with Crippen LogP contribution in [0.5, 0.6) is 11.5 Å². The molecule has 6 heteroatoms. The van der Waals surface area contributed by atoms with E-state index in [4.69, 9.17) is 20.2 Å². The summed E-state index contributed by atoms with van der Waals surface area (Å²) in [7, 11) is 0. The highest BCUT2D eigenvalue weighted by Gasteiger charge is 2.24. The van der Waals surface area contributed by atoms with Gasteiger partial charge in [0.15, 0.2) is 11.5 Å². The Morgan fingerprint density at radius 2 is 2.12 bits per heavy atom. The van der Waals surface area contributed by atoms with Gasteiger partial charge in [-0.2, -0.15) is 0 Å². The zero-order chi connectivity index (χ0) is 17.8. The van der Waals surface area contributed by atoms with Crippen LogP contribution in [0.4, 0.5) is 5.69 Å². The van der Waals surface area contributed by atoms with Crippen molar-refractivity contribution in [2.45, 2.75) is 26.2 Å². The second kappa shape index (κ2) is 5.71. The molecule has 1 unspecified atom stereocenters. The number of anilines is 1. The Bertz CT molecular complexity index is 1060. The van der Waals surface area contributed by atoms with Gasteiger partial charge in [-0.05, 0) is 55.0 Å². The number of rotatable bonds is 2. The number of aromatic nitrogens is 1. The summed E-state index contributed by atoms with van der Waals surface area (Å²) in [4.78, 5) is 19.2. The van der Waals surface area contributed by atoms with E-state index in [1.54, 1.807) is 18.2 Å². The summed E-state index contributed by atoms with van der Waals surface area (Å²) >= 11 is 1.38. The number of thiophene rings is 1. The van der Waals surface area contributed by atoms with Crippen LogP contribution in [0.2, 0.25) is 0 Å². The predicted octanol–water partition coefficient (Wildman–Crippen LogP) is 3.96. The van der Waals surface area contributed by atoms with Gasteiger partial charge in [-0.3, -0.25) is 4.79 Å². The molecule has 3 heterocycles. The van der Waals surface area contributed by atoms with Gasteiger partial charge in [0.2, 0.25) is 12.6 Å². The Morgan fingerprint density at radius 1 is 1.27 bits per heavy atom. The molecule has 0 radical (unpaired) electrons. The molecule has 26 heavy (non-hydrogen) atoms. The summed E-state index contributed by atoms with van der Waals surface area (Å²) in [6, 6.07) is 7.36. The maximum absolute atomic E-state index is 13.0. The van der Waals surface area contributed by atoms with E-state index in [1.165, 1.54) is 16.9 Å². The number of pyridine rings is 1. The predicted molar refractivity (Wildman–Crippen MR) is 101 cm³/mol. The standard InChI is InChI=1S/C20H18N2O3S/c1-10-2-4-14-12(6-10)7-13-17(21)19(26-20(13)22-14)18(23)11-3-5-15-16(8-11)25-9-24-15/h3,5,7-8,10H,2,4,6,9,21H2,1H3. The lowest BCUT2D eigenvalue weighted by Gasteiger charge is -2.20. The van der Waals surface area contributed by atoms with Crippen LogP contribution in [-0.4, -0.2) is 17.6 Å². The Hall–Kier alpha value is -2.60. The lowest BCUT2D eigenvalue weighted by Crippen LogP contribution is -2.12. The number of benzene rings is 1. The Balaban J connectivity index is 1.58. The number of hydrogen-bond donors (Lipinski definition) is 1. The molecule has 1 aliphatic heterocycles. The Kier molecular flexibility index (Phi) is 3.43. The normalized spacial score (nSPS) is 18.1. The van der Waals surface area contributed by atoms with Crippen LogP contribution in [0, 0.1) is 5.92 Å². The quantitative estimate of drug-likeness (QED) is 0.695. The zero-order valence-corrected chi connectivity index (χ0v) is 15.2. The molecule has 0 saturated heterocycles. The van der Waals surface area contributed by atoms with Crippen LogP contribution in [0.3, 0.4) is 0 Å². The first-order valence-electron chi connectivity index (χ1n) is 8.75. The van der Waals surface area contributed by atoms with Gasteiger partial charge < -0.3 is 15.2 Å². The summed E-state index contributed by atoms with van der Waals surface area (Å²) in [5.41, 5.74) is 9.85. The lowest BCUT2D eigenvalue weighted by atomic mass is 9.87. The number of nitrogen functional groups attached to an aromatic ring is 1. The summed E-state index contributed by atoms with van der Waals surface area (Å²) in [5, 5.41) is 0.895. The van der Waals surface area contributed by atoms with E-state index in [-0.39, 0.29) is 12.6 Å². The summed E-state index contributed by atoms with van der Waals surface area (Å²) in [5.74, 6) is 1.82. The second-order valence-corrected chi connectivity index (χ2v) is 8.04. The van der Waals surface area contributed by atoms with Gasteiger partial charge in [0.25, 0.3) is 0 Å². The van der Waals surface area contributed by atoms with Crippen molar-refractivity contribution in [2.24, 2.45) is 5.92 Å². The topological polar surface area (TPSA) is 74.4 Å². The number of hydrogen-bond acceptors (Lipinski definition) is 6. The average molecular weight is 366 g/mol. The van der Waals surface area contributed by atoms with Gasteiger partial charge in [-0.1, -0.05) is 6.92 Å². The fraction of sp³-hybridized carbons (Fsp3) is 0.300. The maximum atomic E-state index is 13.0. The molecule has 132 valence electrons. The summed E-state index contributed by atoms with van der Waals surface area (Å²) in [6.45, 7) is 2.45. The molecule has 1 aliphatic carbocycles. The van der Waals surface area contributed by atoms with Crippen LogP contribution in [-0.2, 0) is 12.8 Å². The molecular weight excluding hydrogens is 348 g/mol. The molecule has 0 fully saturated rings. The van der Waals surface area contributed by atoms with Crippen molar-refractivity contribution in [3.05, 3.63) is 46.0 Å². The smallest absolute Gasteiger partial charge is 0.231 e. The molecule has 1 atom stereocenters. The van der Waals surface area contributed by atoms with E-state index in [0.29, 0.717) is 33.5 Å². The molecule has 2 aromatic heterocycles. The van der Waals surface area contributed by atoms with Gasteiger partial charge in [-0.15, -0.1) is 11.3 Å². The number of nitrogens with zero attached hydrogens (tertiary/aromatic N) is 1. The molecule has 5 rings (SSSR count). The van der Waals surface area contributed by atoms with Crippen LogP contribution in [0.15, 0.2) is 24.3 Å². The van der Waals surface area contributed by atoms with Gasteiger partial charge >= 0.3 is 0 Å². The van der Waals surface area contributed by atoms with Crippen molar-refractivity contribution < 1.29 is 14.3 Å². The molecule has 2 N–H and O–H groups in total. The Labute approximate surface area is 154 Å². The first-order valence-corrected chi connectivity index (χ1v) is 9.57. The highest BCUT2D eigenvalue weighted by molar-refractivity contribution is 7.21. The van der Waals surface area contributed by atoms with Crippen LogP contribution >= 0.6 is 11.3 Å². The molecule has 0 bridgehead atoms. The SMILES string of the molecule is CC1CCc2nc3sc(C(=O)c4ccc5c(c4)OCO5)c(N)c3cc2C1. The first kappa shape index (κ1) is 15.6. The maximum Gasteiger partial charge on any atom is 0.231 e. The fourth-order valence-electron chi connectivity index (χ4n) is 3.71. The lowest BCUT2D eigenvalue weighted by molar-refractivity contribution is 0.104. The summed E-state index contributed by atoms with van der Waals surface area (Å²) < 4.78 is 10.7. The van der Waals surface area contributed by atoms with E-state index in [1.807, 2.05) is 0 Å². The van der Waals surface area contributed by atoms with Crippen molar-refractivity contribution in [2.75, 3.05) is 12.5 Å². The number of nitrogens with two attached hydrogens (primary N) is 1. The van der Waals surface area contributed by atoms with E-state index < -0.39 is 0 Å². The fourth-order valence-corrected chi connectivity index (χ4v) is 4.77. The Morgan fingerprint density at radius 3 is 3.00 bits per heavy atom. The molecule has 0 spiro atoms. The minimum Gasteiger partial charge on any atom is -0.454 e. The molecular formula is C20H18N2O3S. The molecule has 0 amide bonds. The number of ether oxygens (including phenoxy) is 2. The third-order valence-electron chi connectivity index (χ3n) is 5.17. The van der Waals surface area contributed by atoms with Crippen LogP contribution in [0.1, 0.15) is 39.8 Å². The first-order chi connectivity index (χ1) is 12.6. The molecule has 3 aromatic rings. The number of carbonyl (C=O) groups excluding carboxylic acids is 1. The van der Waals surface area contributed by atoms with Crippen molar-refractivity contribution in [1.82, 2.24) is 4.98 Å². The largest absolute Gasteiger partial charge is 0.454 e. The second-order valence-electron chi connectivity index (χ2n) is 7.04. The third kappa shape index (κ3) is 2.36.